The lowest BCUT2D eigenvalue weighted by Gasteiger charge is -2.05. The molecule has 0 bridgehead atoms. The van der Waals surface area contributed by atoms with E-state index >= 15 is 0 Å². The van der Waals surface area contributed by atoms with Crippen molar-refractivity contribution in [2.24, 2.45) is 0 Å². The summed E-state index contributed by atoms with van der Waals surface area (Å²) in [6.45, 7) is 1.88. The highest BCUT2D eigenvalue weighted by molar-refractivity contribution is 5.18. The third-order valence-corrected chi connectivity index (χ3v) is 1.42. The Labute approximate surface area is 65.1 Å². The van der Waals surface area contributed by atoms with E-state index in [9.17, 15) is 5.11 Å². The molecule has 0 saturated carbocycles. The first-order valence-electron chi connectivity index (χ1n) is 3.50. The van der Waals surface area contributed by atoms with E-state index in [0.717, 1.165) is 0 Å². The molecule has 0 aliphatic heterocycles. The molecule has 60 valence electrons. The van der Waals surface area contributed by atoms with Crippen LogP contribution in [0.2, 0.25) is 0 Å². The van der Waals surface area contributed by atoms with E-state index in [1.165, 1.54) is 6.20 Å². The van der Waals surface area contributed by atoms with Crippen LogP contribution < -0.4 is 5.73 Å². The number of nitrogens with two attached hydrogens (primary N) is 1. The Hall–Kier alpha value is -1.16. The maximum atomic E-state index is 9.31. The molecule has 0 fully saturated rings. The van der Waals surface area contributed by atoms with Gasteiger partial charge in [0.25, 0.3) is 0 Å². The van der Waals surface area contributed by atoms with Crippen LogP contribution in [0, 0.1) is 0 Å². The first-order chi connectivity index (χ1) is 5.24. The lowest BCUT2D eigenvalue weighted by molar-refractivity contribution is 0.169. The number of rotatable bonds is 2. The molecule has 3 N–H and O–H groups in total. The van der Waals surface area contributed by atoms with Crippen LogP contribution in [0.1, 0.15) is 25.1 Å². The zero-order chi connectivity index (χ0) is 8.27. The van der Waals surface area contributed by atoms with Gasteiger partial charge in [0.1, 0.15) is 0 Å². The maximum Gasteiger partial charge on any atom is 0.220 e. The van der Waals surface area contributed by atoms with Crippen LogP contribution in [-0.4, -0.2) is 15.1 Å². The number of nitrogens with zero attached hydrogens (tertiary/aromatic N) is 2. The van der Waals surface area contributed by atoms with Gasteiger partial charge in [-0.2, -0.15) is 0 Å². The Kier molecular flexibility index (Phi) is 2.38. The number of aromatic nitrogens is 2. The number of nitrogen functional groups attached to an aromatic ring is 1. The molecular weight excluding hydrogens is 142 g/mol. The fourth-order valence-corrected chi connectivity index (χ4v) is 0.783. The van der Waals surface area contributed by atoms with Crippen LogP contribution in [0.15, 0.2) is 12.3 Å². The van der Waals surface area contributed by atoms with Gasteiger partial charge in [-0.25, -0.2) is 9.97 Å². The number of anilines is 1. The van der Waals surface area contributed by atoms with Crippen molar-refractivity contribution < 1.29 is 5.11 Å². The molecule has 4 nitrogen and oxygen atoms in total. The summed E-state index contributed by atoms with van der Waals surface area (Å²) >= 11 is 0. The zero-order valence-corrected chi connectivity index (χ0v) is 6.36. The van der Waals surface area contributed by atoms with E-state index in [0.29, 0.717) is 12.1 Å². The second kappa shape index (κ2) is 3.30. The van der Waals surface area contributed by atoms with Crippen LogP contribution >= 0.6 is 0 Å². The van der Waals surface area contributed by atoms with Gasteiger partial charge in [0.15, 0.2) is 0 Å². The van der Waals surface area contributed by atoms with Gasteiger partial charge in [-0.05, 0) is 12.5 Å². The number of aliphatic hydroxyl groups is 1. The van der Waals surface area contributed by atoms with Gasteiger partial charge in [0.05, 0.1) is 11.8 Å². The van der Waals surface area contributed by atoms with Crippen molar-refractivity contribution in [3.8, 4) is 0 Å². The quantitative estimate of drug-likeness (QED) is 0.649. The maximum absolute atomic E-state index is 9.31. The largest absolute Gasteiger partial charge is 0.387 e. The average molecular weight is 153 g/mol. The van der Waals surface area contributed by atoms with Crippen molar-refractivity contribution in [1.29, 1.82) is 0 Å². The molecule has 0 radical (unpaired) electrons. The van der Waals surface area contributed by atoms with E-state index in [4.69, 9.17) is 5.73 Å². The molecule has 0 saturated heterocycles. The standard InChI is InChI=1S/C7H11N3O/c1-2-6(11)5-3-4-9-7(8)10-5/h3-4,6,11H,2H2,1H3,(H2,8,9,10)/t6-/m1/s1. The van der Waals surface area contributed by atoms with E-state index in [2.05, 4.69) is 9.97 Å². The highest BCUT2D eigenvalue weighted by atomic mass is 16.3. The van der Waals surface area contributed by atoms with Crippen molar-refractivity contribution in [3.63, 3.8) is 0 Å². The monoisotopic (exact) mass is 153 g/mol. The second-order valence-corrected chi connectivity index (χ2v) is 2.26. The van der Waals surface area contributed by atoms with E-state index in [-0.39, 0.29) is 5.95 Å². The molecule has 1 rings (SSSR count). The van der Waals surface area contributed by atoms with E-state index < -0.39 is 6.10 Å². The summed E-state index contributed by atoms with van der Waals surface area (Å²) in [7, 11) is 0. The molecular formula is C7H11N3O. The molecule has 1 aromatic rings. The third-order valence-electron chi connectivity index (χ3n) is 1.42. The van der Waals surface area contributed by atoms with Gasteiger partial charge in [0, 0.05) is 6.20 Å². The topological polar surface area (TPSA) is 72.0 Å². The molecule has 1 heterocycles. The summed E-state index contributed by atoms with van der Waals surface area (Å²) in [5.74, 6) is 0.204. The Bertz CT molecular complexity index is 239. The Morgan fingerprint density at radius 1 is 1.73 bits per heavy atom. The third kappa shape index (κ3) is 1.88. The summed E-state index contributed by atoms with van der Waals surface area (Å²) in [5, 5.41) is 9.31. The molecule has 0 spiro atoms. The zero-order valence-electron chi connectivity index (χ0n) is 6.36. The first kappa shape index (κ1) is 7.94. The van der Waals surface area contributed by atoms with Gasteiger partial charge in [-0.1, -0.05) is 6.92 Å². The van der Waals surface area contributed by atoms with Crippen LogP contribution in [0.25, 0.3) is 0 Å². The minimum Gasteiger partial charge on any atom is -0.387 e. The second-order valence-electron chi connectivity index (χ2n) is 2.26. The van der Waals surface area contributed by atoms with Crippen molar-refractivity contribution in [1.82, 2.24) is 9.97 Å². The molecule has 0 amide bonds. The molecule has 11 heavy (non-hydrogen) atoms. The minimum absolute atomic E-state index is 0.204. The molecule has 4 heteroatoms. The van der Waals surface area contributed by atoms with Gasteiger partial charge in [0.2, 0.25) is 5.95 Å². The van der Waals surface area contributed by atoms with Gasteiger partial charge in [-0.3, -0.25) is 0 Å². The van der Waals surface area contributed by atoms with E-state index in [1.807, 2.05) is 6.92 Å². The van der Waals surface area contributed by atoms with Gasteiger partial charge in [-0.15, -0.1) is 0 Å². The van der Waals surface area contributed by atoms with Crippen LogP contribution in [0.4, 0.5) is 5.95 Å². The lowest BCUT2D eigenvalue weighted by atomic mass is 10.2. The van der Waals surface area contributed by atoms with Crippen LogP contribution in [0.5, 0.6) is 0 Å². The Morgan fingerprint density at radius 2 is 2.45 bits per heavy atom. The highest BCUT2D eigenvalue weighted by Crippen LogP contribution is 2.12. The number of aliphatic hydroxyl groups excluding tert-OH is 1. The van der Waals surface area contributed by atoms with Crippen LogP contribution in [-0.2, 0) is 0 Å². The SMILES string of the molecule is CC[C@@H](O)c1ccnc(N)n1. The highest BCUT2D eigenvalue weighted by Gasteiger charge is 2.05. The molecule has 0 unspecified atom stereocenters. The minimum atomic E-state index is -0.528. The fourth-order valence-electron chi connectivity index (χ4n) is 0.783. The van der Waals surface area contributed by atoms with Gasteiger partial charge >= 0.3 is 0 Å². The van der Waals surface area contributed by atoms with E-state index in [1.54, 1.807) is 6.07 Å². The predicted molar refractivity (Wildman–Crippen MR) is 41.7 cm³/mol. The summed E-state index contributed by atoms with van der Waals surface area (Å²) in [6, 6.07) is 1.66. The lowest BCUT2D eigenvalue weighted by Crippen LogP contribution is -2.02. The van der Waals surface area contributed by atoms with Gasteiger partial charge < -0.3 is 10.8 Å². The predicted octanol–water partition coefficient (Wildman–Crippen LogP) is 0.502. The number of hydrogen-bond acceptors (Lipinski definition) is 4. The van der Waals surface area contributed by atoms with Crippen molar-refractivity contribution in [3.05, 3.63) is 18.0 Å². The fraction of sp³-hybridized carbons (Fsp3) is 0.429. The summed E-state index contributed by atoms with van der Waals surface area (Å²) in [5.41, 5.74) is 5.90. The average Bonchev–Trinajstić information content (AvgIpc) is 2.03. The summed E-state index contributed by atoms with van der Waals surface area (Å²) < 4.78 is 0. The van der Waals surface area contributed by atoms with Crippen molar-refractivity contribution >= 4 is 5.95 Å². The molecule has 1 atom stereocenters. The Morgan fingerprint density at radius 3 is 3.00 bits per heavy atom. The van der Waals surface area contributed by atoms with Crippen LogP contribution in [0.3, 0.4) is 0 Å². The summed E-state index contributed by atoms with van der Waals surface area (Å²) in [6.07, 6.45) is 1.65. The smallest absolute Gasteiger partial charge is 0.220 e. The summed E-state index contributed by atoms with van der Waals surface area (Å²) in [4.78, 5) is 7.57. The van der Waals surface area contributed by atoms with Crippen molar-refractivity contribution in [2.45, 2.75) is 19.4 Å². The Balaban J connectivity index is 2.86. The normalized spacial score (nSPS) is 12.9. The molecule has 0 aliphatic rings. The molecule has 1 aromatic heterocycles. The molecule has 0 aromatic carbocycles. The first-order valence-corrected chi connectivity index (χ1v) is 3.50. The molecule has 0 aliphatic carbocycles. The number of hydrogen-bond donors (Lipinski definition) is 2. The van der Waals surface area contributed by atoms with Crippen molar-refractivity contribution in [2.75, 3.05) is 5.73 Å².